The highest BCUT2D eigenvalue weighted by atomic mass is 16.1. The number of rotatable bonds is 4. The van der Waals surface area contributed by atoms with Crippen LogP contribution in [-0.2, 0) is 4.79 Å². The monoisotopic (exact) mass is 323 g/mol. The van der Waals surface area contributed by atoms with Gasteiger partial charge in [0, 0.05) is 35.2 Å². The van der Waals surface area contributed by atoms with Crippen LogP contribution in [0.3, 0.4) is 0 Å². The average Bonchev–Trinajstić information content (AvgIpc) is 3.31. The van der Waals surface area contributed by atoms with Crippen LogP contribution in [0, 0.1) is 11.8 Å². The van der Waals surface area contributed by atoms with Crippen LogP contribution in [-0.4, -0.2) is 31.6 Å². The first-order valence-electron chi connectivity index (χ1n) is 7.95. The standard InChI is InChI=1S/C17H17N5O2/c18-16(24)11-3-1-2-10(11)15(23)13-6-9(7-20-13)14-12-4-5-19-17(12)22-8-21-14/h4-8,10-11,20H,1-3H2,(H2,18,24)(H,19,21,22). The van der Waals surface area contributed by atoms with Gasteiger partial charge in [-0.15, -0.1) is 0 Å². The number of fused-ring (bicyclic) bond motifs is 1. The fourth-order valence-electron chi connectivity index (χ4n) is 3.59. The van der Waals surface area contributed by atoms with Crippen LogP contribution >= 0.6 is 0 Å². The van der Waals surface area contributed by atoms with Gasteiger partial charge in [-0.25, -0.2) is 9.97 Å². The fourth-order valence-corrected chi connectivity index (χ4v) is 3.59. The van der Waals surface area contributed by atoms with Crippen molar-refractivity contribution in [1.29, 1.82) is 0 Å². The molecule has 3 heterocycles. The second-order valence-electron chi connectivity index (χ2n) is 6.17. The average molecular weight is 323 g/mol. The lowest BCUT2D eigenvalue weighted by atomic mass is 9.90. The van der Waals surface area contributed by atoms with Crippen molar-refractivity contribution in [2.45, 2.75) is 19.3 Å². The summed E-state index contributed by atoms with van der Waals surface area (Å²) >= 11 is 0. The number of primary amides is 1. The van der Waals surface area contributed by atoms with E-state index in [0.717, 1.165) is 28.7 Å². The molecule has 0 radical (unpaired) electrons. The molecule has 4 N–H and O–H groups in total. The van der Waals surface area contributed by atoms with Crippen LogP contribution in [0.1, 0.15) is 29.8 Å². The molecule has 1 saturated carbocycles. The van der Waals surface area contributed by atoms with E-state index in [0.29, 0.717) is 18.5 Å². The second kappa shape index (κ2) is 5.59. The highest BCUT2D eigenvalue weighted by Gasteiger charge is 2.37. The maximum Gasteiger partial charge on any atom is 0.221 e. The van der Waals surface area contributed by atoms with Crippen molar-refractivity contribution in [2.24, 2.45) is 17.6 Å². The Morgan fingerprint density at radius 2 is 2.00 bits per heavy atom. The molecule has 0 aliphatic heterocycles. The molecule has 2 atom stereocenters. The van der Waals surface area contributed by atoms with Crippen LogP contribution in [0.25, 0.3) is 22.3 Å². The van der Waals surface area contributed by atoms with Crippen molar-refractivity contribution in [3.8, 4) is 11.3 Å². The summed E-state index contributed by atoms with van der Waals surface area (Å²) in [6.07, 6.45) is 7.30. The first-order valence-corrected chi connectivity index (χ1v) is 7.95. The molecule has 24 heavy (non-hydrogen) atoms. The van der Waals surface area contributed by atoms with E-state index in [1.807, 2.05) is 6.07 Å². The molecule has 122 valence electrons. The lowest BCUT2D eigenvalue weighted by Gasteiger charge is -2.14. The fraction of sp³-hybridized carbons (Fsp3) is 0.294. The Bertz CT molecular complexity index is 926. The van der Waals surface area contributed by atoms with Crippen LogP contribution in [0.4, 0.5) is 0 Å². The maximum atomic E-state index is 12.7. The van der Waals surface area contributed by atoms with E-state index in [9.17, 15) is 9.59 Å². The van der Waals surface area contributed by atoms with Gasteiger partial charge in [-0.1, -0.05) is 6.42 Å². The molecule has 7 nitrogen and oxygen atoms in total. The van der Waals surface area contributed by atoms with Gasteiger partial charge in [0.2, 0.25) is 5.91 Å². The lowest BCUT2D eigenvalue weighted by molar-refractivity contribution is -0.122. The van der Waals surface area contributed by atoms with Crippen LogP contribution in [0.2, 0.25) is 0 Å². The number of ketones is 1. The summed E-state index contributed by atoms with van der Waals surface area (Å²) in [5.74, 6) is -1.13. The Labute approximate surface area is 137 Å². The normalized spacial score (nSPS) is 20.5. The maximum absolute atomic E-state index is 12.7. The predicted octanol–water partition coefficient (Wildman–Crippen LogP) is 2.04. The van der Waals surface area contributed by atoms with Crippen LogP contribution in [0.5, 0.6) is 0 Å². The van der Waals surface area contributed by atoms with Gasteiger partial charge >= 0.3 is 0 Å². The zero-order chi connectivity index (χ0) is 16.7. The zero-order valence-electron chi connectivity index (χ0n) is 13.0. The first kappa shape index (κ1) is 14.6. The molecule has 1 aliphatic rings. The molecule has 2 unspecified atom stereocenters. The zero-order valence-corrected chi connectivity index (χ0v) is 13.0. The molecule has 0 aromatic carbocycles. The Hall–Kier alpha value is -2.96. The number of carbonyl (C=O) groups excluding carboxylic acids is 2. The predicted molar refractivity (Wildman–Crippen MR) is 88.0 cm³/mol. The topological polar surface area (TPSA) is 118 Å². The van der Waals surface area contributed by atoms with Crippen molar-refractivity contribution in [2.75, 3.05) is 0 Å². The number of Topliss-reactive ketones (excluding diaryl/α,β-unsaturated/α-hetero) is 1. The number of carbonyl (C=O) groups is 2. The van der Waals surface area contributed by atoms with Gasteiger partial charge in [0.1, 0.15) is 12.0 Å². The van der Waals surface area contributed by atoms with E-state index in [4.69, 9.17) is 5.73 Å². The smallest absolute Gasteiger partial charge is 0.221 e. The molecule has 3 aromatic rings. The summed E-state index contributed by atoms with van der Waals surface area (Å²) in [5.41, 5.74) is 8.25. The van der Waals surface area contributed by atoms with Crippen LogP contribution in [0.15, 0.2) is 30.9 Å². The highest BCUT2D eigenvalue weighted by Crippen LogP contribution is 2.34. The van der Waals surface area contributed by atoms with E-state index in [1.165, 1.54) is 6.33 Å². The van der Waals surface area contributed by atoms with Crippen molar-refractivity contribution in [1.82, 2.24) is 19.9 Å². The van der Waals surface area contributed by atoms with Gasteiger partial charge in [0.05, 0.1) is 11.4 Å². The van der Waals surface area contributed by atoms with E-state index in [1.54, 1.807) is 18.5 Å². The molecular weight excluding hydrogens is 306 g/mol. The second-order valence-corrected chi connectivity index (χ2v) is 6.17. The number of nitrogens with one attached hydrogen (secondary N) is 2. The molecule has 3 aromatic heterocycles. The van der Waals surface area contributed by atoms with Gasteiger partial charge < -0.3 is 15.7 Å². The molecule has 0 spiro atoms. The van der Waals surface area contributed by atoms with Gasteiger partial charge in [-0.3, -0.25) is 9.59 Å². The number of aromatic nitrogens is 4. The molecule has 1 aliphatic carbocycles. The molecular formula is C17H17N5O2. The number of nitrogens with two attached hydrogens (primary N) is 1. The third-order valence-electron chi connectivity index (χ3n) is 4.79. The third-order valence-corrected chi connectivity index (χ3v) is 4.79. The number of hydrogen-bond donors (Lipinski definition) is 3. The Morgan fingerprint density at radius 3 is 2.83 bits per heavy atom. The van der Waals surface area contributed by atoms with Crippen molar-refractivity contribution < 1.29 is 9.59 Å². The number of amides is 1. The Balaban J connectivity index is 1.67. The largest absolute Gasteiger partial charge is 0.369 e. The summed E-state index contributed by atoms with van der Waals surface area (Å²) in [6.45, 7) is 0. The SMILES string of the molecule is NC(=O)C1CCCC1C(=O)c1cc(-c2ncnc3[nH]ccc23)c[nH]1. The summed E-state index contributed by atoms with van der Waals surface area (Å²) in [4.78, 5) is 38.8. The van der Waals surface area contributed by atoms with Gasteiger partial charge in [-0.05, 0) is 25.0 Å². The molecule has 1 amide bonds. The molecule has 0 bridgehead atoms. The van der Waals surface area contributed by atoms with E-state index in [2.05, 4.69) is 19.9 Å². The molecule has 4 rings (SSSR count). The van der Waals surface area contributed by atoms with Gasteiger partial charge in [-0.2, -0.15) is 0 Å². The molecule has 1 fully saturated rings. The van der Waals surface area contributed by atoms with Crippen molar-refractivity contribution >= 4 is 22.7 Å². The number of aromatic amines is 2. The summed E-state index contributed by atoms with van der Waals surface area (Å²) in [7, 11) is 0. The number of hydrogen-bond acceptors (Lipinski definition) is 4. The summed E-state index contributed by atoms with van der Waals surface area (Å²) in [6, 6.07) is 3.69. The van der Waals surface area contributed by atoms with E-state index in [-0.39, 0.29) is 23.5 Å². The summed E-state index contributed by atoms with van der Waals surface area (Å²) < 4.78 is 0. The minimum absolute atomic E-state index is 0.0538. The van der Waals surface area contributed by atoms with Crippen LogP contribution < -0.4 is 5.73 Å². The van der Waals surface area contributed by atoms with E-state index < -0.39 is 0 Å². The number of nitrogens with zero attached hydrogens (tertiary/aromatic N) is 2. The Kier molecular flexibility index (Phi) is 3.41. The quantitative estimate of drug-likeness (QED) is 0.637. The molecule has 0 saturated heterocycles. The van der Waals surface area contributed by atoms with Crippen molar-refractivity contribution in [3.63, 3.8) is 0 Å². The minimum atomic E-state index is -0.387. The molecule has 7 heteroatoms. The van der Waals surface area contributed by atoms with Gasteiger partial charge in [0.15, 0.2) is 5.78 Å². The highest BCUT2D eigenvalue weighted by molar-refractivity contribution is 6.01. The Morgan fingerprint density at radius 1 is 1.17 bits per heavy atom. The third kappa shape index (κ3) is 2.29. The lowest BCUT2D eigenvalue weighted by Crippen LogP contribution is -2.30. The minimum Gasteiger partial charge on any atom is -0.369 e. The first-order chi connectivity index (χ1) is 11.6. The van der Waals surface area contributed by atoms with E-state index >= 15 is 0 Å². The van der Waals surface area contributed by atoms with Crippen molar-refractivity contribution in [3.05, 3.63) is 36.5 Å². The van der Waals surface area contributed by atoms with Gasteiger partial charge in [0.25, 0.3) is 0 Å². The summed E-state index contributed by atoms with van der Waals surface area (Å²) in [5, 5.41) is 0.895. The number of H-pyrrole nitrogens is 2.